The van der Waals surface area contributed by atoms with Gasteiger partial charge in [-0.25, -0.2) is 8.42 Å². The van der Waals surface area contributed by atoms with E-state index in [0.29, 0.717) is 22.9 Å². The Labute approximate surface area is 130 Å². The molecule has 0 atom stereocenters. The van der Waals surface area contributed by atoms with Crippen LogP contribution in [-0.4, -0.2) is 29.7 Å². The molecule has 0 aliphatic carbocycles. The number of anilines is 2. The predicted octanol–water partition coefficient (Wildman–Crippen LogP) is 2.11. The van der Waals surface area contributed by atoms with Crippen molar-refractivity contribution in [2.75, 3.05) is 31.3 Å². The van der Waals surface area contributed by atoms with E-state index in [1.165, 1.54) is 33.4 Å². The van der Waals surface area contributed by atoms with Gasteiger partial charge in [0, 0.05) is 18.8 Å². The first-order valence-corrected chi connectivity index (χ1v) is 7.90. The Kier molecular flexibility index (Phi) is 4.46. The van der Waals surface area contributed by atoms with Crippen LogP contribution >= 0.6 is 0 Å². The molecule has 2 N–H and O–H groups in total. The molecule has 0 aliphatic rings. The summed E-state index contributed by atoms with van der Waals surface area (Å²) in [7, 11) is 0.732. The number of hydrogen-bond donors (Lipinski definition) is 1. The second-order valence-corrected chi connectivity index (χ2v) is 6.55. The largest absolute Gasteiger partial charge is 0.497 e. The van der Waals surface area contributed by atoms with Crippen LogP contribution in [0.1, 0.15) is 0 Å². The summed E-state index contributed by atoms with van der Waals surface area (Å²) < 4.78 is 36.9. The molecule has 0 unspecified atom stereocenters. The summed E-state index contributed by atoms with van der Waals surface area (Å²) in [6.45, 7) is 0. The van der Waals surface area contributed by atoms with E-state index in [4.69, 9.17) is 15.2 Å². The van der Waals surface area contributed by atoms with Gasteiger partial charge in [0.05, 0.1) is 24.8 Å². The molecule has 0 bridgehead atoms. The van der Waals surface area contributed by atoms with E-state index in [1.54, 1.807) is 30.3 Å². The van der Waals surface area contributed by atoms with Gasteiger partial charge in [-0.15, -0.1) is 0 Å². The van der Waals surface area contributed by atoms with Gasteiger partial charge in [-0.05, 0) is 36.4 Å². The zero-order chi connectivity index (χ0) is 16.3. The monoisotopic (exact) mass is 322 g/mol. The fourth-order valence-electron chi connectivity index (χ4n) is 1.97. The lowest BCUT2D eigenvalue weighted by Gasteiger charge is -2.22. The van der Waals surface area contributed by atoms with Crippen molar-refractivity contribution in [3.63, 3.8) is 0 Å². The summed E-state index contributed by atoms with van der Waals surface area (Å²) in [6.07, 6.45) is 0. The molecule has 0 aromatic heterocycles. The first kappa shape index (κ1) is 16.0. The zero-order valence-electron chi connectivity index (χ0n) is 12.6. The maximum atomic E-state index is 12.7. The van der Waals surface area contributed by atoms with Gasteiger partial charge >= 0.3 is 0 Å². The van der Waals surface area contributed by atoms with Gasteiger partial charge in [-0.1, -0.05) is 0 Å². The molecule has 0 saturated carbocycles. The highest BCUT2D eigenvalue weighted by Gasteiger charge is 2.24. The average molecular weight is 322 g/mol. The molecule has 2 rings (SSSR count). The van der Waals surface area contributed by atoms with Crippen molar-refractivity contribution in [2.45, 2.75) is 4.90 Å². The number of nitrogens with two attached hydrogens (primary N) is 1. The number of methoxy groups -OCH3 is 2. The van der Waals surface area contributed by atoms with Crippen LogP contribution in [0.2, 0.25) is 0 Å². The average Bonchev–Trinajstić information content (AvgIpc) is 2.53. The maximum absolute atomic E-state index is 12.7. The molecule has 0 saturated heterocycles. The van der Waals surface area contributed by atoms with Crippen LogP contribution in [-0.2, 0) is 10.0 Å². The van der Waals surface area contributed by atoms with Gasteiger partial charge in [0.1, 0.15) is 11.5 Å². The molecular weight excluding hydrogens is 304 g/mol. The number of nitrogens with zero attached hydrogens (tertiary/aromatic N) is 1. The van der Waals surface area contributed by atoms with Crippen molar-refractivity contribution in [3.05, 3.63) is 42.5 Å². The van der Waals surface area contributed by atoms with Crippen LogP contribution in [0.15, 0.2) is 47.4 Å². The summed E-state index contributed by atoms with van der Waals surface area (Å²) in [5.41, 5.74) is 6.48. The van der Waals surface area contributed by atoms with Gasteiger partial charge in [-0.2, -0.15) is 0 Å². The van der Waals surface area contributed by atoms with Crippen LogP contribution in [0.25, 0.3) is 0 Å². The summed E-state index contributed by atoms with van der Waals surface area (Å²) in [5, 5.41) is 0. The Morgan fingerprint density at radius 3 is 2.18 bits per heavy atom. The predicted molar refractivity (Wildman–Crippen MR) is 86.0 cm³/mol. The molecule has 0 heterocycles. The lowest BCUT2D eigenvalue weighted by Crippen LogP contribution is -2.27. The van der Waals surface area contributed by atoms with Crippen molar-refractivity contribution in [3.8, 4) is 11.5 Å². The third kappa shape index (κ3) is 2.94. The van der Waals surface area contributed by atoms with E-state index < -0.39 is 10.0 Å². The molecule has 2 aromatic carbocycles. The number of nitrogen functional groups attached to an aromatic ring is 1. The third-order valence-electron chi connectivity index (χ3n) is 3.26. The fourth-order valence-corrected chi connectivity index (χ4v) is 3.17. The molecule has 6 nitrogen and oxygen atoms in total. The summed E-state index contributed by atoms with van der Waals surface area (Å²) in [4.78, 5) is 0.147. The lowest BCUT2D eigenvalue weighted by molar-refractivity contribution is 0.404. The SMILES string of the molecule is COc1ccc(OC)c(N(C)S(=O)(=O)c2ccc(N)cc2)c1. The molecule has 2 aromatic rings. The molecule has 0 fully saturated rings. The van der Waals surface area contributed by atoms with Crippen LogP contribution < -0.4 is 19.5 Å². The minimum atomic E-state index is -3.72. The second-order valence-electron chi connectivity index (χ2n) is 4.58. The Bertz CT molecular complexity index is 758. The summed E-state index contributed by atoms with van der Waals surface area (Å²) in [6, 6.07) is 11.0. The van der Waals surface area contributed by atoms with Gasteiger partial charge in [0.15, 0.2) is 0 Å². The van der Waals surface area contributed by atoms with Crippen LogP contribution in [0.5, 0.6) is 11.5 Å². The Balaban J connectivity index is 2.50. The molecule has 0 amide bonds. The van der Waals surface area contributed by atoms with Crippen LogP contribution in [0.3, 0.4) is 0 Å². The first-order chi connectivity index (χ1) is 10.4. The van der Waals surface area contributed by atoms with E-state index in [9.17, 15) is 8.42 Å². The quantitative estimate of drug-likeness (QED) is 0.853. The summed E-state index contributed by atoms with van der Waals surface area (Å²) in [5.74, 6) is 0.970. The van der Waals surface area contributed by atoms with Gasteiger partial charge in [-0.3, -0.25) is 4.31 Å². The number of ether oxygens (including phenoxy) is 2. The maximum Gasteiger partial charge on any atom is 0.264 e. The van der Waals surface area contributed by atoms with Crippen molar-refractivity contribution < 1.29 is 17.9 Å². The lowest BCUT2D eigenvalue weighted by atomic mass is 10.3. The molecule has 118 valence electrons. The van der Waals surface area contributed by atoms with E-state index >= 15 is 0 Å². The second kappa shape index (κ2) is 6.15. The van der Waals surface area contributed by atoms with Crippen molar-refractivity contribution in [1.82, 2.24) is 0 Å². The Hall–Kier alpha value is -2.41. The topological polar surface area (TPSA) is 81.9 Å². The highest BCUT2D eigenvalue weighted by Crippen LogP contribution is 2.34. The third-order valence-corrected chi connectivity index (χ3v) is 5.05. The molecular formula is C15H18N2O4S. The van der Waals surface area contributed by atoms with E-state index in [-0.39, 0.29) is 4.90 Å². The van der Waals surface area contributed by atoms with Gasteiger partial charge in [0.2, 0.25) is 0 Å². The van der Waals surface area contributed by atoms with Crippen LogP contribution in [0, 0.1) is 0 Å². The van der Waals surface area contributed by atoms with Crippen molar-refractivity contribution in [2.24, 2.45) is 0 Å². The molecule has 0 aliphatic heterocycles. The summed E-state index contributed by atoms with van der Waals surface area (Å²) >= 11 is 0. The van der Waals surface area contributed by atoms with E-state index in [0.717, 1.165) is 4.31 Å². The highest BCUT2D eigenvalue weighted by molar-refractivity contribution is 7.92. The van der Waals surface area contributed by atoms with Crippen molar-refractivity contribution >= 4 is 21.4 Å². The number of benzene rings is 2. The standard InChI is InChI=1S/C15H18N2O4S/c1-17(14-10-12(20-2)6-9-15(14)21-3)22(18,19)13-7-4-11(16)5-8-13/h4-10H,16H2,1-3H3. The number of rotatable bonds is 5. The normalized spacial score (nSPS) is 11.0. The van der Waals surface area contributed by atoms with Gasteiger partial charge < -0.3 is 15.2 Å². The van der Waals surface area contributed by atoms with Crippen molar-refractivity contribution in [1.29, 1.82) is 0 Å². The first-order valence-electron chi connectivity index (χ1n) is 6.46. The minimum Gasteiger partial charge on any atom is -0.497 e. The molecule has 0 radical (unpaired) electrons. The van der Waals surface area contributed by atoms with Crippen LogP contribution in [0.4, 0.5) is 11.4 Å². The molecule has 22 heavy (non-hydrogen) atoms. The smallest absolute Gasteiger partial charge is 0.264 e. The van der Waals surface area contributed by atoms with Gasteiger partial charge in [0.25, 0.3) is 10.0 Å². The highest BCUT2D eigenvalue weighted by atomic mass is 32.2. The van der Waals surface area contributed by atoms with E-state index in [1.807, 2.05) is 0 Å². The number of sulfonamides is 1. The Morgan fingerprint density at radius 1 is 1.00 bits per heavy atom. The zero-order valence-corrected chi connectivity index (χ0v) is 13.4. The fraction of sp³-hybridized carbons (Fsp3) is 0.200. The molecule has 0 spiro atoms. The number of hydrogen-bond acceptors (Lipinski definition) is 5. The van der Waals surface area contributed by atoms with E-state index in [2.05, 4.69) is 0 Å². The minimum absolute atomic E-state index is 0.147. The molecule has 7 heteroatoms. The Morgan fingerprint density at radius 2 is 1.64 bits per heavy atom.